The first-order chi connectivity index (χ1) is 12.0. The first-order valence-electron chi connectivity index (χ1n) is 9.29. The molecule has 0 radical (unpaired) electrons. The molecular weight excluding hydrogens is 316 g/mol. The molecule has 2 amide bonds. The maximum absolute atomic E-state index is 12.6. The number of morpholine rings is 1. The largest absolute Gasteiger partial charge is 0.378 e. The molecule has 0 spiro atoms. The second kappa shape index (κ2) is 8.00. The summed E-state index contributed by atoms with van der Waals surface area (Å²) < 4.78 is 5.31. The number of rotatable bonds is 3. The summed E-state index contributed by atoms with van der Waals surface area (Å²) in [7, 11) is 0. The molecule has 2 aliphatic rings. The second-order valence-corrected chi connectivity index (χ2v) is 7.29. The maximum Gasteiger partial charge on any atom is 0.227 e. The van der Waals surface area contributed by atoms with Gasteiger partial charge in [-0.15, -0.1) is 0 Å². The van der Waals surface area contributed by atoms with Crippen LogP contribution < -0.4 is 5.32 Å². The maximum atomic E-state index is 12.6. The summed E-state index contributed by atoms with van der Waals surface area (Å²) in [5.74, 6) is 0.415. The summed E-state index contributed by atoms with van der Waals surface area (Å²) in [6, 6.07) is 6.06. The molecule has 5 heteroatoms. The van der Waals surface area contributed by atoms with E-state index in [-0.39, 0.29) is 23.7 Å². The van der Waals surface area contributed by atoms with Crippen molar-refractivity contribution in [3.05, 3.63) is 29.3 Å². The molecule has 1 saturated carbocycles. The SMILES string of the molecule is Cc1ccc(NC(=O)C2CCC(C(=O)N3CCOCC3)CC2)c(C)c1. The van der Waals surface area contributed by atoms with Crippen molar-refractivity contribution in [3.63, 3.8) is 0 Å². The highest BCUT2D eigenvalue weighted by Crippen LogP contribution is 2.31. The van der Waals surface area contributed by atoms with Crippen molar-refractivity contribution in [3.8, 4) is 0 Å². The molecule has 1 aromatic rings. The lowest BCUT2D eigenvalue weighted by Gasteiger charge is -2.33. The monoisotopic (exact) mass is 344 g/mol. The predicted molar refractivity (Wildman–Crippen MR) is 97.4 cm³/mol. The number of benzene rings is 1. The summed E-state index contributed by atoms with van der Waals surface area (Å²) >= 11 is 0. The number of amides is 2. The van der Waals surface area contributed by atoms with Crippen LogP contribution in [0, 0.1) is 25.7 Å². The lowest BCUT2D eigenvalue weighted by molar-refractivity contribution is -0.141. The van der Waals surface area contributed by atoms with Gasteiger partial charge in [0, 0.05) is 30.6 Å². The van der Waals surface area contributed by atoms with Crippen molar-refractivity contribution in [1.82, 2.24) is 4.90 Å². The minimum Gasteiger partial charge on any atom is -0.378 e. The van der Waals surface area contributed by atoms with Gasteiger partial charge >= 0.3 is 0 Å². The van der Waals surface area contributed by atoms with Gasteiger partial charge in [0.2, 0.25) is 11.8 Å². The van der Waals surface area contributed by atoms with Crippen molar-refractivity contribution >= 4 is 17.5 Å². The molecule has 3 rings (SSSR count). The fourth-order valence-electron chi connectivity index (χ4n) is 3.83. The van der Waals surface area contributed by atoms with Crippen LogP contribution in [0.3, 0.4) is 0 Å². The van der Waals surface area contributed by atoms with Gasteiger partial charge in [-0.05, 0) is 51.2 Å². The normalized spacial score (nSPS) is 24.0. The molecule has 5 nitrogen and oxygen atoms in total. The van der Waals surface area contributed by atoms with Gasteiger partial charge in [0.1, 0.15) is 0 Å². The van der Waals surface area contributed by atoms with Crippen LogP contribution in [-0.4, -0.2) is 43.0 Å². The molecule has 1 aliphatic heterocycles. The lowest BCUT2D eigenvalue weighted by Crippen LogP contribution is -2.44. The van der Waals surface area contributed by atoms with Crippen molar-refractivity contribution in [2.75, 3.05) is 31.6 Å². The van der Waals surface area contributed by atoms with E-state index < -0.39 is 0 Å². The second-order valence-electron chi connectivity index (χ2n) is 7.29. The number of nitrogens with one attached hydrogen (secondary N) is 1. The van der Waals surface area contributed by atoms with Gasteiger partial charge in [0.15, 0.2) is 0 Å². The van der Waals surface area contributed by atoms with E-state index in [9.17, 15) is 9.59 Å². The smallest absolute Gasteiger partial charge is 0.227 e. The molecule has 1 aliphatic carbocycles. The minimum atomic E-state index is 0.00874. The number of hydrogen-bond acceptors (Lipinski definition) is 3. The third-order valence-electron chi connectivity index (χ3n) is 5.41. The number of ether oxygens (including phenoxy) is 1. The van der Waals surface area contributed by atoms with E-state index >= 15 is 0 Å². The van der Waals surface area contributed by atoms with Gasteiger partial charge in [-0.25, -0.2) is 0 Å². The summed E-state index contributed by atoms with van der Waals surface area (Å²) in [5.41, 5.74) is 3.17. The lowest BCUT2D eigenvalue weighted by atomic mass is 9.80. The van der Waals surface area contributed by atoms with Crippen LogP contribution >= 0.6 is 0 Å². The number of hydrogen-bond donors (Lipinski definition) is 1. The van der Waals surface area contributed by atoms with Crippen LogP contribution in [0.15, 0.2) is 18.2 Å². The number of carbonyl (C=O) groups is 2. The third kappa shape index (κ3) is 4.40. The Morgan fingerprint density at radius 2 is 1.68 bits per heavy atom. The molecule has 1 saturated heterocycles. The molecule has 0 unspecified atom stereocenters. The molecule has 0 aromatic heterocycles. The predicted octanol–water partition coefficient (Wildman–Crippen LogP) is 2.91. The number of anilines is 1. The first-order valence-corrected chi connectivity index (χ1v) is 9.29. The molecule has 136 valence electrons. The van der Waals surface area contributed by atoms with Crippen LogP contribution in [-0.2, 0) is 14.3 Å². The van der Waals surface area contributed by atoms with Crippen LogP contribution in [0.1, 0.15) is 36.8 Å². The average molecular weight is 344 g/mol. The van der Waals surface area contributed by atoms with Crippen LogP contribution in [0.2, 0.25) is 0 Å². The quantitative estimate of drug-likeness (QED) is 0.917. The summed E-state index contributed by atoms with van der Waals surface area (Å²) in [6.45, 7) is 6.74. The fraction of sp³-hybridized carbons (Fsp3) is 0.600. The highest BCUT2D eigenvalue weighted by atomic mass is 16.5. The molecule has 25 heavy (non-hydrogen) atoms. The Hall–Kier alpha value is -1.88. The standard InChI is InChI=1S/C20H28N2O3/c1-14-3-8-18(15(2)13-14)21-19(23)16-4-6-17(7-5-16)20(24)22-9-11-25-12-10-22/h3,8,13,16-17H,4-7,9-12H2,1-2H3,(H,21,23). The first kappa shape index (κ1) is 17.9. The molecule has 1 aromatic carbocycles. The average Bonchev–Trinajstić information content (AvgIpc) is 2.64. The highest BCUT2D eigenvalue weighted by molar-refractivity contribution is 5.93. The van der Waals surface area contributed by atoms with E-state index in [1.54, 1.807) is 0 Å². The number of carbonyl (C=O) groups excluding carboxylic acids is 2. The fourth-order valence-corrected chi connectivity index (χ4v) is 3.83. The summed E-state index contributed by atoms with van der Waals surface area (Å²) in [5, 5.41) is 3.06. The van der Waals surface area contributed by atoms with Crippen LogP contribution in [0.25, 0.3) is 0 Å². The molecule has 1 N–H and O–H groups in total. The van der Waals surface area contributed by atoms with Gasteiger partial charge in [0.05, 0.1) is 13.2 Å². The van der Waals surface area contributed by atoms with Gasteiger partial charge in [-0.1, -0.05) is 17.7 Å². The van der Waals surface area contributed by atoms with Gasteiger partial charge in [-0.3, -0.25) is 9.59 Å². The van der Waals surface area contributed by atoms with Crippen molar-refractivity contribution in [2.24, 2.45) is 11.8 Å². The zero-order valence-corrected chi connectivity index (χ0v) is 15.2. The zero-order chi connectivity index (χ0) is 17.8. The number of aryl methyl sites for hydroxylation is 2. The van der Waals surface area contributed by atoms with Gasteiger partial charge in [-0.2, -0.15) is 0 Å². The van der Waals surface area contributed by atoms with Crippen molar-refractivity contribution in [1.29, 1.82) is 0 Å². The Morgan fingerprint density at radius 1 is 1.04 bits per heavy atom. The van der Waals surface area contributed by atoms with Crippen LogP contribution in [0.5, 0.6) is 0 Å². The van der Waals surface area contributed by atoms with E-state index in [0.717, 1.165) is 36.9 Å². The summed E-state index contributed by atoms with van der Waals surface area (Å²) in [4.78, 5) is 27.0. The van der Waals surface area contributed by atoms with E-state index in [0.29, 0.717) is 26.3 Å². The van der Waals surface area contributed by atoms with Crippen molar-refractivity contribution < 1.29 is 14.3 Å². The third-order valence-corrected chi connectivity index (χ3v) is 5.41. The van der Waals surface area contributed by atoms with E-state index in [1.807, 2.05) is 30.9 Å². The molecule has 0 atom stereocenters. The highest BCUT2D eigenvalue weighted by Gasteiger charge is 2.32. The van der Waals surface area contributed by atoms with E-state index in [2.05, 4.69) is 11.4 Å². The topological polar surface area (TPSA) is 58.6 Å². The Kier molecular flexibility index (Phi) is 5.74. The Morgan fingerprint density at radius 3 is 2.32 bits per heavy atom. The van der Waals surface area contributed by atoms with Gasteiger partial charge in [0.25, 0.3) is 0 Å². The Labute approximate surface area is 149 Å². The minimum absolute atomic E-state index is 0.00874. The van der Waals surface area contributed by atoms with E-state index in [1.165, 1.54) is 5.56 Å². The zero-order valence-electron chi connectivity index (χ0n) is 15.2. The Bertz CT molecular complexity index is 630. The number of nitrogens with zero attached hydrogens (tertiary/aromatic N) is 1. The molecule has 0 bridgehead atoms. The van der Waals surface area contributed by atoms with Gasteiger partial charge < -0.3 is 15.0 Å². The molecule has 1 heterocycles. The molecular formula is C20H28N2O3. The van der Waals surface area contributed by atoms with Crippen LogP contribution in [0.4, 0.5) is 5.69 Å². The Balaban J connectivity index is 1.51. The molecule has 2 fully saturated rings. The van der Waals surface area contributed by atoms with E-state index in [4.69, 9.17) is 4.74 Å². The summed E-state index contributed by atoms with van der Waals surface area (Å²) in [6.07, 6.45) is 3.19. The van der Waals surface area contributed by atoms with Crippen molar-refractivity contribution in [2.45, 2.75) is 39.5 Å².